The zero-order valence-corrected chi connectivity index (χ0v) is 15.1. The molecule has 4 nitrogen and oxygen atoms in total. The van der Waals surface area contributed by atoms with Gasteiger partial charge < -0.3 is 4.90 Å². The van der Waals surface area contributed by atoms with E-state index in [4.69, 9.17) is 0 Å². The van der Waals surface area contributed by atoms with Crippen molar-refractivity contribution >= 4 is 33.4 Å². The third-order valence-corrected chi connectivity index (χ3v) is 5.35. The SMILES string of the molecule is O=C1CCCN1/C=C/C1c2ccccc2C(=O)N1c1ccccc1Br. The average Bonchev–Trinajstić information content (AvgIpc) is 3.15. The van der Waals surface area contributed by atoms with Gasteiger partial charge in [-0.3, -0.25) is 14.5 Å². The quantitative estimate of drug-likeness (QED) is 0.776. The highest BCUT2D eigenvalue weighted by Crippen LogP contribution is 2.41. The van der Waals surface area contributed by atoms with Crippen LogP contribution < -0.4 is 4.90 Å². The molecule has 25 heavy (non-hydrogen) atoms. The summed E-state index contributed by atoms with van der Waals surface area (Å²) < 4.78 is 0.867. The minimum absolute atomic E-state index is 0.0232. The van der Waals surface area contributed by atoms with Crippen LogP contribution in [0.15, 0.2) is 65.3 Å². The van der Waals surface area contributed by atoms with E-state index in [0.29, 0.717) is 12.0 Å². The molecule has 2 heterocycles. The van der Waals surface area contributed by atoms with Crippen molar-refractivity contribution in [1.82, 2.24) is 4.90 Å². The first-order chi connectivity index (χ1) is 12.2. The summed E-state index contributed by atoms with van der Waals surface area (Å²) in [5.74, 6) is 0.117. The van der Waals surface area contributed by atoms with Gasteiger partial charge in [0.25, 0.3) is 5.91 Å². The normalized spacial score (nSPS) is 20.0. The molecule has 0 spiro atoms. The van der Waals surface area contributed by atoms with Gasteiger partial charge in [0.1, 0.15) is 0 Å². The summed E-state index contributed by atoms with van der Waals surface area (Å²) >= 11 is 3.55. The lowest BCUT2D eigenvalue weighted by Gasteiger charge is -2.24. The lowest BCUT2D eigenvalue weighted by molar-refractivity contribution is -0.125. The lowest BCUT2D eigenvalue weighted by atomic mass is 10.0. The van der Waals surface area contributed by atoms with E-state index in [0.717, 1.165) is 28.7 Å². The first-order valence-corrected chi connectivity index (χ1v) is 9.11. The van der Waals surface area contributed by atoms with Gasteiger partial charge in [-0.15, -0.1) is 0 Å². The Labute approximate surface area is 154 Å². The largest absolute Gasteiger partial charge is 0.319 e. The van der Waals surface area contributed by atoms with Crippen molar-refractivity contribution in [2.75, 3.05) is 11.4 Å². The van der Waals surface area contributed by atoms with Gasteiger partial charge in [0.2, 0.25) is 5.91 Å². The summed E-state index contributed by atoms with van der Waals surface area (Å²) in [7, 11) is 0. The van der Waals surface area contributed by atoms with Crippen LogP contribution in [0.25, 0.3) is 0 Å². The maximum Gasteiger partial charge on any atom is 0.259 e. The number of hydrogen-bond donors (Lipinski definition) is 0. The molecule has 0 radical (unpaired) electrons. The van der Waals surface area contributed by atoms with Crippen molar-refractivity contribution in [3.8, 4) is 0 Å². The Kier molecular flexibility index (Phi) is 4.17. The van der Waals surface area contributed by atoms with Crippen LogP contribution in [0.1, 0.15) is 34.8 Å². The smallest absolute Gasteiger partial charge is 0.259 e. The fraction of sp³-hybridized carbons (Fsp3) is 0.200. The molecule has 1 fully saturated rings. The van der Waals surface area contributed by atoms with Crippen LogP contribution in [-0.4, -0.2) is 23.3 Å². The molecule has 1 atom stereocenters. The molecule has 2 aliphatic rings. The van der Waals surface area contributed by atoms with Crippen LogP contribution in [0.4, 0.5) is 5.69 Å². The summed E-state index contributed by atoms with van der Waals surface area (Å²) in [6.45, 7) is 0.743. The molecule has 2 aliphatic heterocycles. The number of carbonyl (C=O) groups excluding carboxylic acids is 2. The first-order valence-electron chi connectivity index (χ1n) is 8.31. The van der Waals surface area contributed by atoms with Crippen molar-refractivity contribution in [1.29, 1.82) is 0 Å². The van der Waals surface area contributed by atoms with E-state index in [-0.39, 0.29) is 17.9 Å². The van der Waals surface area contributed by atoms with Crippen molar-refractivity contribution in [2.24, 2.45) is 0 Å². The molecule has 0 saturated carbocycles. The lowest BCUT2D eigenvalue weighted by Crippen LogP contribution is -2.27. The molecule has 0 aliphatic carbocycles. The summed E-state index contributed by atoms with van der Waals surface area (Å²) in [4.78, 5) is 28.4. The van der Waals surface area contributed by atoms with E-state index in [9.17, 15) is 9.59 Å². The minimum Gasteiger partial charge on any atom is -0.319 e. The number of carbonyl (C=O) groups is 2. The monoisotopic (exact) mass is 396 g/mol. The summed E-state index contributed by atoms with van der Waals surface area (Å²) in [6.07, 6.45) is 5.27. The molecular formula is C20H17BrN2O2. The van der Waals surface area contributed by atoms with Gasteiger partial charge in [0.05, 0.1) is 11.7 Å². The Hall–Kier alpha value is -2.40. The molecule has 2 aromatic carbocycles. The van der Waals surface area contributed by atoms with Crippen LogP contribution in [0.3, 0.4) is 0 Å². The molecule has 4 rings (SSSR count). The molecule has 2 aromatic rings. The topological polar surface area (TPSA) is 40.6 Å². The van der Waals surface area contributed by atoms with E-state index >= 15 is 0 Å². The molecule has 2 amide bonds. The second-order valence-electron chi connectivity index (χ2n) is 6.19. The van der Waals surface area contributed by atoms with Crippen LogP contribution >= 0.6 is 15.9 Å². The molecule has 0 bridgehead atoms. The van der Waals surface area contributed by atoms with E-state index in [1.807, 2.05) is 60.8 Å². The molecule has 0 aromatic heterocycles. The predicted octanol–water partition coefficient (Wildman–Crippen LogP) is 4.29. The maximum absolute atomic E-state index is 13.0. The number of halogens is 1. The van der Waals surface area contributed by atoms with Crippen LogP contribution in [0.2, 0.25) is 0 Å². The highest BCUT2D eigenvalue weighted by atomic mass is 79.9. The zero-order valence-electron chi connectivity index (χ0n) is 13.6. The van der Waals surface area contributed by atoms with Gasteiger partial charge >= 0.3 is 0 Å². The second-order valence-corrected chi connectivity index (χ2v) is 7.05. The average molecular weight is 397 g/mol. The highest BCUT2D eigenvalue weighted by Gasteiger charge is 2.37. The molecule has 1 unspecified atom stereocenters. The van der Waals surface area contributed by atoms with Gasteiger partial charge in [0.15, 0.2) is 0 Å². The third kappa shape index (κ3) is 2.78. The van der Waals surface area contributed by atoms with Crippen molar-refractivity contribution in [2.45, 2.75) is 18.9 Å². The first kappa shape index (κ1) is 16.1. The number of nitrogens with zero attached hydrogens (tertiary/aromatic N) is 2. The Balaban J connectivity index is 1.77. The van der Waals surface area contributed by atoms with E-state index in [1.54, 1.807) is 9.80 Å². The number of para-hydroxylation sites is 1. The number of anilines is 1. The van der Waals surface area contributed by atoms with Gasteiger partial charge in [-0.2, -0.15) is 0 Å². The fourth-order valence-corrected chi connectivity index (χ4v) is 3.93. The van der Waals surface area contributed by atoms with Gasteiger partial charge in [-0.1, -0.05) is 30.3 Å². The van der Waals surface area contributed by atoms with E-state index in [2.05, 4.69) is 15.9 Å². The minimum atomic E-state index is -0.226. The van der Waals surface area contributed by atoms with E-state index < -0.39 is 0 Å². The van der Waals surface area contributed by atoms with E-state index in [1.165, 1.54) is 0 Å². The van der Waals surface area contributed by atoms with Crippen molar-refractivity contribution in [3.63, 3.8) is 0 Å². The van der Waals surface area contributed by atoms with Crippen molar-refractivity contribution < 1.29 is 9.59 Å². The van der Waals surface area contributed by atoms with Crippen LogP contribution in [0.5, 0.6) is 0 Å². The maximum atomic E-state index is 13.0. The Bertz CT molecular complexity index is 878. The molecule has 1 saturated heterocycles. The number of benzene rings is 2. The number of hydrogen-bond acceptors (Lipinski definition) is 2. The standard InChI is InChI=1S/C20H17BrN2O2/c21-16-8-3-4-9-18(16)23-17(11-13-22-12-5-10-19(22)24)14-6-1-2-7-15(14)20(23)25/h1-4,6-9,11,13,17H,5,10,12H2/b13-11+. The van der Waals surface area contributed by atoms with Crippen LogP contribution in [-0.2, 0) is 4.79 Å². The Morgan fingerprint density at radius 2 is 1.80 bits per heavy atom. The van der Waals surface area contributed by atoms with Gasteiger partial charge in [0, 0.05) is 29.2 Å². The van der Waals surface area contributed by atoms with Gasteiger partial charge in [-0.05, 0) is 52.2 Å². The Morgan fingerprint density at radius 1 is 1.04 bits per heavy atom. The summed E-state index contributed by atoms with van der Waals surface area (Å²) in [5.41, 5.74) is 2.50. The molecular weight excluding hydrogens is 380 g/mol. The molecule has 0 N–H and O–H groups in total. The van der Waals surface area contributed by atoms with Crippen LogP contribution in [0, 0.1) is 0 Å². The summed E-state index contributed by atoms with van der Waals surface area (Å²) in [6, 6.07) is 15.1. The fourth-order valence-electron chi connectivity index (χ4n) is 3.45. The molecule has 126 valence electrons. The number of rotatable bonds is 3. The zero-order chi connectivity index (χ0) is 17.4. The third-order valence-electron chi connectivity index (χ3n) is 4.68. The van der Waals surface area contributed by atoms with Gasteiger partial charge in [-0.25, -0.2) is 0 Å². The van der Waals surface area contributed by atoms with Crippen molar-refractivity contribution in [3.05, 3.63) is 76.4 Å². The second kappa shape index (κ2) is 6.48. The summed E-state index contributed by atoms with van der Waals surface area (Å²) in [5, 5.41) is 0. The Morgan fingerprint density at radius 3 is 2.56 bits per heavy atom. The predicted molar refractivity (Wildman–Crippen MR) is 100 cm³/mol. The number of fused-ring (bicyclic) bond motifs is 1. The number of likely N-dealkylation sites (tertiary alicyclic amines) is 1. The molecule has 5 heteroatoms. The number of amides is 2. The highest BCUT2D eigenvalue weighted by molar-refractivity contribution is 9.10.